The number of benzene rings is 2. The molecule has 0 radical (unpaired) electrons. The lowest BCUT2D eigenvalue weighted by atomic mass is 10.1. The van der Waals surface area contributed by atoms with Crippen molar-refractivity contribution in [2.24, 2.45) is 0 Å². The van der Waals surface area contributed by atoms with Gasteiger partial charge < -0.3 is 14.1 Å². The van der Waals surface area contributed by atoms with Crippen molar-refractivity contribution in [1.29, 1.82) is 0 Å². The Morgan fingerprint density at radius 1 is 0.966 bits per heavy atom. The highest BCUT2D eigenvalue weighted by molar-refractivity contribution is 6.32. The Morgan fingerprint density at radius 2 is 1.69 bits per heavy atom. The molecule has 0 saturated carbocycles. The largest absolute Gasteiger partial charge is 0.573 e. The van der Waals surface area contributed by atoms with Crippen LogP contribution in [-0.2, 0) is 0 Å². The van der Waals surface area contributed by atoms with Gasteiger partial charge in [0.1, 0.15) is 11.5 Å². The molecular formula is C21H14ClF3N2O2. The van der Waals surface area contributed by atoms with E-state index >= 15 is 0 Å². The number of halogens is 4. The van der Waals surface area contributed by atoms with Gasteiger partial charge in [-0.05, 0) is 37.3 Å². The van der Waals surface area contributed by atoms with Crippen LogP contribution in [0.5, 0.6) is 5.75 Å². The smallest absolute Gasteiger partial charge is 0.453 e. The van der Waals surface area contributed by atoms with Crippen LogP contribution in [0.3, 0.4) is 0 Å². The lowest BCUT2D eigenvalue weighted by Crippen LogP contribution is -2.17. The zero-order valence-electron chi connectivity index (χ0n) is 15.0. The number of furan rings is 1. The zero-order valence-corrected chi connectivity index (χ0v) is 15.8. The van der Waals surface area contributed by atoms with Gasteiger partial charge >= 0.3 is 6.36 Å². The summed E-state index contributed by atoms with van der Waals surface area (Å²) in [5.74, 6) is 1.02. The number of ether oxygens (including phenoxy) is 1. The molecular weight excluding hydrogens is 405 g/mol. The number of aromatic amines is 1. The normalized spacial score (nSPS) is 11.6. The zero-order chi connectivity index (χ0) is 20.6. The molecule has 8 heteroatoms. The first-order chi connectivity index (χ1) is 13.8. The molecule has 0 aliphatic rings. The second kappa shape index (κ2) is 7.33. The van der Waals surface area contributed by atoms with Gasteiger partial charge in [0.25, 0.3) is 0 Å². The third-order valence-electron chi connectivity index (χ3n) is 4.21. The van der Waals surface area contributed by atoms with Gasteiger partial charge in [-0.1, -0.05) is 41.9 Å². The Balaban J connectivity index is 1.62. The lowest BCUT2D eigenvalue weighted by molar-refractivity contribution is -0.274. The van der Waals surface area contributed by atoms with Crippen molar-refractivity contribution in [3.05, 3.63) is 71.4 Å². The second-order valence-electron chi connectivity index (χ2n) is 6.28. The molecule has 0 atom stereocenters. The van der Waals surface area contributed by atoms with Gasteiger partial charge in [0.05, 0.1) is 10.7 Å². The molecule has 1 N–H and O–H groups in total. The Kier molecular flexibility index (Phi) is 4.84. The van der Waals surface area contributed by atoms with E-state index in [2.05, 4.69) is 14.7 Å². The van der Waals surface area contributed by atoms with Gasteiger partial charge in [-0.2, -0.15) is 0 Å². The molecule has 4 rings (SSSR count). The van der Waals surface area contributed by atoms with Crippen molar-refractivity contribution in [1.82, 2.24) is 9.97 Å². The van der Waals surface area contributed by atoms with E-state index in [1.165, 1.54) is 12.1 Å². The van der Waals surface area contributed by atoms with Crippen molar-refractivity contribution < 1.29 is 22.3 Å². The SMILES string of the molecule is Cc1[nH]c(-c2ccc(-c3ccc(OC(F)(F)F)c(Cl)c3)o2)nc1-c1ccccc1. The number of aryl methyl sites for hydroxylation is 1. The summed E-state index contributed by atoms with van der Waals surface area (Å²) >= 11 is 5.92. The summed E-state index contributed by atoms with van der Waals surface area (Å²) in [6.07, 6.45) is -4.81. The Bertz CT molecular complexity index is 1150. The molecule has 29 heavy (non-hydrogen) atoms. The minimum atomic E-state index is -4.81. The lowest BCUT2D eigenvalue weighted by Gasteiger charge is -2.10. The number of imidazole rings is 1. The molecule has 0 amide bonds. The average molecular weight is 419 g/mol. The predicted molar refractivity (Wildman–Crippen MR) is 104 cm³/mol. The summed E-state index contributed by atoms with van der Waals surface area (Å²) < 4.78 is 46.9. The number of aromatic nitrogens is 2. The molecule has 4 nitrogen and oxygen atoms in total. The van der Waals surface area contributed by atoms with E-state index in [-0.39, 0.29) is 5.02 Å². The van der Waals surface area contributed by atoms with Crippen molar-refractivity contribution in [3.63, 3.8) is 0 Å². The molecule has 0 saturated heterocycles. The highest BCUT2D eigenvalue weighted by Crippen LogP contribution is 2.35. The van der Waals surface area contributed by atoms with Crippen molar-refractivity contribution >= 4 is 11.6 Å². The van der Waals surface area contributed by atoms with Crippen LogP contribution in [0.25, 0.3) is 34.2 Å². The number of hydrogen-bond donors (Lipinski definition) is 1. The van der Waals surface area contributed by atoms with E-state index in [0.29, 0.717) is 22.9 Å². The third-order valence-corrected chi connectivity index (χ3v) is 4.51. The molecule has 2 heterocycles. The van der Waals surface area contributed by atoms with Gasteiger partial charge in [-0.3, -0.25) is 0 Å². The van der Waals surface area contributed by atoms with Gasteiger partial charge in [0.2, 0.25) is 0 Å². The summed E-state index contributed by atoms with van der Waals surface area (Å²) in [6.45, 7) is 1.92. The highest BCUT2D eigenvalue weighted by Gasteiger charge is 2.32. The van der Waals surface area contributed by atoms with E-state index in [4.69, 9.17) is 16.0 Å². The van der Waals surface area contributed by atoms with Crippen LogP contribution >= 0.6 is 11.6 Å². The Morgan fingerprint density at radius 3 is 2.38 bits per heavy atom. The minimum Gasteiger partial charge on any atom is -0.453 e. The minimum absolute atomic E-state index is 0.169. The maximum atomic E-state index is 12.4. The summed E-state index contributed by atoms with van der Waals surface area (Å²) in [5, 5.41) is -0.169. The van der Waals surface area contributed by atoms with Crippen molar-refractivity contribution in [2.45, 2.75) is 13.3 Å². The fraction of sp³-hybridized carbons (Fsp3) is 0.0952. The maximum absolute atomic E-state index is 12.4. The van der Waals surface area contributed by atoms with E-state index in [0.717, 1.165) is 23.0 Å². The van der Waals surface area contributed by atoms with Crippen LogP contribution in [0.15, 0.2) is 65.1 Å². The molecule has 0 aliphatic heterocycles. The summed E-state index contributed by atoms with van der Waals surface area (Å²) in [7, 11) is 0. The van der Waals surface area contributed by atoms with Gasteiger partial charge in [-0.15, -0.1) is 13.2 Å². The molecule has 2 aromatic heterocycles. The molecule has 0 bridgehead atoms. The van der Waals surface area contributed by atoms with Crippen molar-refractivity contribution in [3.8, 4) is 39.9 Å². The molecule has 0 unspecified atom stereocenters. The standard InChI is InChI=1S/C21H14ClF3N2O2/c1-12-19(13-5-3-2-4-6-13)27-20(26-12)18-10-9-16(28-18)14-7-8-17(15(22)11-14)29-21(23,24)25/h2-11H,1H3,(H,26,27). The number of alkyl halides is 3. The summed E-state index contributed by atoms with van der Waals surface area (Å²) in [4.78, 5) is 7.80. The molecule has 4 aromatic rings. The number of nitrogens with one attached hydrogen (secondary N) is 1. The van der Waals surface area contributed by atoms with Gasteiger partial charge in [0, 0.05) is 16.8 Å². The topological polar surface area (TPSA) is 51.0 Å². The number of rotatable bonds is 4. The maximum Gasteiger partial charge on any atom is 0.573 e. The fourth-order valence-electron chi connectivity index (χ4n) is 2.94. The fourth-order valence-corrected chi connectivity index (χ4v) is 3.16. The van der Waals surface area contributed by atoms with Crippen LogP contribution in [0.4, 0.5) is 13.2 Å². The average Bonchev–Trinajstić information content (AvgIpc) is 3.30. The van der Waals surface area contributed by atoms with Gasteiger partial charge in [0.15, 0.2) is 11.6 Å². The molecule has 148 valence electrons. The number of H-pyrrole nitrogens is 1. The molecule has 0 spiro atoms. The molecule has 2 aromatic carbocycles. The van der Waals surface area contributed by atoms with E-state index < -0.39 is 12.1 Å². The monoisotopic (exact) mass is 418 g/mol. The van der Waals surface area contributed by atoms with E-state index in [1.54, 1.807) is 12.1 Å². The van der Waals surface area contributed by atoms with Crippen LogP contribution in [0, 0.1) is 6.92 Å². The quantitative estimate of drug-likeness (QED) is 0.393. The van der Waals surface area contributed by atoms with Crippen LogP contribution in [0.1, 0.15) is 5.69 Å². The number of hydrogen-bond acceptors (Lipinski definition) is 3. The Hall–Kier alpha value is -3.19. The first kappa shape index (κ1) is 19.1. The third kappa shape index (κ3) is 4.14. The molecule has 0 fully saturated rings. The Labute approximate surface area is 168 Å². The highest BCUT2D eigenvalue weighted by atomic mass is 35.5. The summed E-state index contributed by atoms with van der Waals surface area (Å²) in [5.41, 5.74) is 3.20. The van der Waals surface area contributed by atoms with E-state index in [1.807, 2.05) is 37.3 Å². The van der Waals surface area contributed by atoms with Crippen LogP contribution in [0.2, 0.25) is 5.02 Å². The second-order valence-corrected chi connectivity index (χ2v) is 6.69. The van der Waals surface area contributed by atoms with Crippen LogP contribution in [-0.4, -0.2) is 16.3 Å². The van der Waals surface area contributed by atoms with Gasteiger partial charge in [-0.25, -0.2) is 4.98 Å². The van der Waals surface area contributed by atoms with Crippen LogP contribution < -0.4 is 4.74 Å². The molecule has 0 aliphatic carbocycles. The first-order valence-corrected chi connectivity index (χ1v) is 8.96. The van der Waals surface area contributed by atoms with Crippen molar-refractivity contribution in [2.75, 3.05) is 0 Å². The first-order valence-electron chi connectivity index (χ1n) is 8.58. The van der Waals surface area contributed by atoms with E-state index in [9.17, 15) is 13.2 Å². The summed E-state index contributed by atoms with van der Waals surface area (Å²) in [6, 6.07) is 17.1. The predicted octanol–water partition coefficient (Wildman–Crippen LogP) is 6.86. The number of nitrogens with zero attached hydrogens (tertiary/aromatic N) is 1.